The lowest BCUT2D eigenvalue weighted by molar-refractivity contribution is 0.0600. The van der Waals surface area contributed by atoms with Gasteiger partial charge in [0.15, 0.2) is 0 Å². The Kier molecular flexibility index (Phi) is 4.45. The van der Waals surface area contributed by atoms with Crippen LogP contribution in [-0.4, -0.2) is 13.1 Å². The summed E-state index contributed by atoms with van der Waals surface area (Å²) in [6, 6.07) is 9.87. The Morgan fingerprint density at radius 2 is 2.10 bits per heavy atom. The predicted octanol–water partition coefficient (Wildman–Crippen LogP) is 3.80. The van der Waals surface area contributed by atoms with Gasteiger partial charge in [-0.1, -0.05) is 32.0 Å². The van der Waals surface area contributed by atoms with E-state index in [-0.39, 0.29) is 5.97 Å². The summed E-state index contributed by atoms with van der Waals surface area (Å²) >= 11 is 0. The van der Waals surface area contributed by atoms with E-state index in [4.69, 9.17) is 4.42 Å². The maximum Gasteiger partial charge on any atom is 0.341 e. The largest absolute Gasteiger partial charge is 0.467 e. The first-order valence-corrected chi connectivity index (χ1v) is 6.60. The number of anilines is 1. The molecule has 0 atom stereocenters. The predicted molar refractivity (Wildman–Crippen MR) is 77.9 cm³/mol. The summed E-state index contributed by atoms with van der Waals surface area (Å²) in [5, 5.41) is 3.34. The van der Waals surface area contributed by atoms with Crippen molar-refractivity contribution in [2.75, 3.05) is 12.4 Å². The van der Waals surface area contributed by atoms with E-state index in [1.807, 2.05) is 18.2 Å². The van der Waals surface area contributed by atoms with Crippen LogP contribution in [0.3, 0.4) is 0 Å². The number of furan rings is 1. The smallest absolute Gasteiger partial charge is 0.341 e. The average Bonchev–Trinajstić information content (AvgIpc) is 2.93. The van der Waals surface area contributed by atoms with Gasteiger partial charge in [0.25, 0.3) is 0 Å². The van der Waals surface area contributed by atoms with Gasteiger partial charge in [0.05, 0.1) is 19.2 Å². The maximum atomic E-state index is 11.3. The fourth-order valence-electron chi connectivity index (χ4n) is 2.04. The van der Waals surface area contributed by atoms with Crippen molar-refractivity contribution in [3.8, 4) is 0 Å². The molecule has 2 rings (SSSR count). The lowest BCUT2D eigenvalue weighted by Crippen LogP contribution is -2.03. The third kappa shape index (κ3) is 3.20. The van der Waals surface area contributed by atoms with E-state index >= 15 is 0 Å². The molecule has 0 aliphatic carbocycles. The summed E-state index contributed by atoms with van der Waals surface area (Å²) in [6.45, 7) is 4.84. The van der Waals surface area contributed by atoms with Crippen molar-refractivity contribution in [2.45, 2.75) is 26.3 Å². The van der Waals surface area contributed by atoms with E-state index in [2.05, 4.69) is 30.0 Å². The van der Waals surface area contributed by atoms with Crippen molar-refractivity contribution in [3.05, 3.63) is 53.5 Å². The molecule has 0 fully saturated rings. The van der Waals surface area contributed by atoms with Gasteiger partial charge < -0.3 is 14.5 Å². The lowest BCUT2D eigenvalue weighted by atomic mass is 10.0. The Bertz CT molecular complexity index is 587. The molecule has 0 spiro atoms. The second kappa shape index (κ2) is 6.28. The van der Waals surface area contributed by atoms with E-state index in [0.29, 0.717) is 23.8 Å². The van der Waals surface area contributed by atoms with Crippen LogP contribution in [0.15, 0.2) is 41.0 Å². The Labute approximate surface area is 118 Å². The zero-order chi connectivity index (χ0) is 14.5. The van der Waals surface area contributed by atoms with Crippen molar-refractivity contribution >= 4 is 11.7 Å². The summed E-state index contributed by atoms with van der Waals surface area (Å²) in [7, 11) is 1.35. The molecule has 4 heteroatoms. The first-order chi connectivity index (χ1) is 9.61. The monoisotopic (exact) mass is 273 g/mol. The van der Waals surface area contributed by atoms with Crippen molar-refractivity contribution in [1.82, 2.24) is 0 Å². The molecule has 106 valence electrons. The van der Waals surface area contributed by atoms with Crippen molar-refractivity contribution in [1.29, 1.82) is 0 Å². The molecule has 0 aliphatic rings. The summed E-state index contributed by atoms with van der Waals surface area (Å²) in [4.78, 5) is 11.3. The second-order valence-corrected chi connectivity index (χ2v) is 4.89. The average molecular weight is 273 g/mol. The van der Waals surface area contributed by atoms with Gasteiger partial charge in [-0.15, -0.1) is 0 Å². The number of hydrogen-bond acceptors (Lipinski definition) is 4. The number of nitrogens with one attached hydrogen (secondary N) is 1. The van der Waals surface area contributed by atoms with Crippen LogP contribution in [0.2, 0.25) is 0 Å². The number of carbonyl (C=O) groups is 1. The van der Waals surface area contributed by atoms with Gasteiger partial charge >= 0.3 is 5.97 Å². The van der Waals surface area contributed by atoms with Crippen LogP contribution in [0, 0.1) is 0 Å². The topological polar surface area (TPSA) is 51.5 Å². The van der Waals surface area contributed by atoms with Crippen LogP contribution < -0.4 is 5.32 Å². The van der Waals surface area contributed by atoms with Gasteiger partial charge in [-0.05, 0) is 23.6 Å². The normalized spacial score (nSPS) is 10.6. The van der Waals surface area contributed by atoms with Gasteiger partial charge in [0.1, 0.15) is 12.0 Å². The number of esters is 1. The minimum atomic E-state index is -0.386. The van der Waals surface area contributed by atoms with Crippen molar-refractivity contribution in [2.24, 2.45) is 0 Å². The highest BCUT2D eigenvalue weighted by Gasteiger charge is 2.11. The first-order valence-electron chi connectivity index (χ1n) is 6.60. The maximum absolute atomic E-state index is 11.3. The SMILES string of the molecule is COC(=O)c1coc(CNc2ccccc2C(C)C)c1. The molecular formula is C16H19NO3. The molecule has 1 N–H and O–H groups in total. The molecule has 0 saturated heterocycles. The highest BCUT2D eigenvalue weighted by molar-refractivity contribution is 5.89. The number of hydrogen-bond donors (Lipinski definition) is 1. The number of methoxy groups -OCH3 is 1. The van der Waals surface area contributed by atoms with Crippen LogP contribution in [-0.2, 0) is 11.3 Å². The number of ether oxygens (including phenoxy) is 1. The third-order valence-electron chi connectivity index (χ3n) is 3.11. The summed E-state index contributed by atoms with van der Waals surface area (Å²) < 4.78 is 9.99. The third-order valence-corrected chi connectivity index (χ3v) is 3.11. The molecule has 1 aromatic carbocycles. The van der Waals surface area contributed by atoms with Gasteiger partial charge in [0, 0.05) is 5.69 Å². The van der Waals surface area contributed by atoms with Crippen molar-refractivity contribution in [3.63, 3.8) is 0 Å². The fourth-order valence-corrected chi connectivity index (χ4v) is 2.04. The first kappa shape index (κ1) is 14.2. The zero-order valence-corrected chi connectivity index (χ0v) is 12.0. The molecule has 0 bridgehead atoms. The van der Waals surface area contributed by atoms with Gasteiger partial charge in [-0.3, -0.25) is 0 Å². The minimum absolute atomic E-state index is 0.386. The van der Waals surface area contributed by atoms with E-state index < -0.39 is 0 Å². The highest BCUT2D eigenvalue weighted by atomic mass is 16.5. The zero-order valence-electron chi connectivity index (χ0n) is 12.0. The number of para-hydroxylation sites is 1. The molecular weight excluding hydrogens is 254 g/mol. The molecule has 0 unspecified atom stereocenters. The van der Waals surface area contributed by atoms with Crippen LogP contribution in [0.5, 0.6) is 0 Å². The van der Waals surface area contributed by atoms with E-state index in [1.54, 1.807) is 6.07 Å². The van der Waals surface area contributed by atoms with Crippen LogP contribution in [0.25, 0.3) is 0 Å². The molecule has 0 saturated carbocycles. The minimum Gasteiger partial charge on any atom is -0.467 e. The molecule has 0 amide bonds. The second-order valence-electron chi connectivity index (χ2n) is 4.89. The number of carbonyl (C=O) groups excluding carboxylic acids is 1. The van der Waals surface area contributed by atoms with Crippen LogP contribution >= 0.6 is 0 Å². The molecule has 1 heterocycles. The van der Waals surface area contributed by atoms with Crippen molar-refractivity contribution < 1.29 is 13.9 Å². The number of benzene rings is 1. The Balaban J connectivity index is 2.06. The van der Waals surface area contributed by atoms with E-state index in [1.165, 1.54) is 18.9 Å². The van der Waals surface area contributed by atoms with Gasteiger partial charge in [-0.25, -0.2) is 4.79 Å². The van der Waals surface area contributed by atoms with Gasteiger partial charge in [0.2, 0.25) is 0 Å². The summed E-state index contributed by atoms with van der Waals surface area (Å²) in [5.41, 5.74) is 2.77. The van der Waals surface area contributed by atoms with Gasteiger partial charge in [-0.2, -0.15) is 0 Å². The van der Waals surface area contributed by atoms with E-state index in [9.17, 15) is 4.79 Å². The number of rotatable bonds is 5. The lowest BCUT2D eigenvalue weighted by Gasteiger charge is -2.13. The highest BCUT2D eigenvalue weighted by Crippen LogP contribution is 2.24. The molecule has 0 aliphatic heterocycles. The molecule has 4 nitrogen and oxygen atoms in total. The molecule has 0 radical (unpaired) electrons. The quantitative estimate of drug-likeness (QED) is 0.842. The van der Waals surface area contributed by atoms with Crippen LogP contribution in [0.1, 0.15) is 41.4 Å². The fraction of sp³-hybridized carbons (Fsp3) is 0.312. The molecule has 1 aromatic heterocycles. The summed E-state index contributed by atoms with van der Waals surface area (Å²) in [6.07, 6.45) is 1.41. The standard InChI is InChI=1S/C16H19NO3/c1-11(2)14-6-4-5-7-15(14)17-9-13-8-12(10-20-13)16(18)19-3/h4-8,10-11,17H,9H2,1-3H3. The van der Waals surface area contributed by atoms with E-state index in [0.717, 1.165) is 5.69 Å². The Hall–Kier alpha value is -2.23. The molecule has 20 heavy (non-hydrogen) atoms. The Morgan fingerprint density at radius 3 is 2.80 bits per heavy atom. The van der Waals surface area contributed by atoms with Crippen LogP contribution in [0.4, 0.5) is 5.69 Å². The molecule has 2 aromatic rings. The Morgan fingerprint density at radius 1 is 1.35 bits per heavy atom. The summed E-state index contributed by atoms with van der Waals surface area (Å²) in [5.74, 6) is 0.757.